The van der Waals surface area contributed by atoms with Gasteiger partial charge in [0.15, 0.2) is 0 Å². The predicted octanol–water partition coefficient (Wildman–Crippen LogP) is 2.91. The Morgan fingerprint density at radius 1 is 1.41 bits per heavy atom. The molecule has 1 aromatic rings. The topological polar surface area (TPSA) is 29.3 Å². The normalized spacial score (nSPS) is 13.0. The molecule has 0 aliphatic carbocycles. The van der Waals surface area contributed by atoms with Crippen molar-refractivity contribution in [3.63, 3.8) is 0 Å². The molecule has 0 amide bonds. The number of halogens is 1. The van der Waals surface area contributed by atoms with E-state index in [1.165, 1.54) is 5.56 Å². The van der Waals surface area contributed by atoms with Crippen molar-refractivity contribution in [3.05, 3.63) is 34.3 Å². The Balaban J connectivity index is 2.30. The zero-order chi connectivity index (χ0) is 12.7. The van der Waals surface area contributed by atoms with Crippen LogP contribution >= 0.6 is 15.9 Å². The van der Waals surface area contributed by atoms with E-state index in [1.54, 1.807) is 0 Å². The van der Waals surface area contributed by atoms with Crippen LogP contribution < -0.4 is 5.73 Å². The number of hydrogen-bond donors (Lipinski definition) is 1. The molecule has 0 heterocycles. The Bertz CT molecular complexity index is 328. The summed E-state index contributed by atoms with van der Waals surface area (Å²) in [5.41, 5.74) is 6.95. The van der Waals surface area contributed by atoms with Crippen LogP contribution in [-0.4, -0.2) is 31.6 Å². The molecule has 0 spiro atoms. The molecule has 0 saturated carbocycles. The van der Waals surface area contributed by atoms with Gasteiger partial charge in [-0.2, -0.15) is 0 Å². The van der Waals surface area contributed by atoms with Crippen molar-refractivity contribution in [1.82, 2.24) is 4.90 Å². The highest BCUT2D eigenvalue weighted by atomic mass is 79.9. The Labute approximate surface area is 113 Å². The summed E-state index contributed by atoms with van der Waals surface area (Å²) in [4.78, 5) is 2.39. The molecular formula is C14H23BrN2. The third kappa shape index (κ3) is 6.20. The molecule has 0 radical (unpaired) electrons. The standard InChI is InChI=1S/C14H23BrN2/c1-12(6-8-16)11-17(2)9-7-13-4-3-5-14(15)10-13/h3-5,10,12H,6-9,11,16H2,1-2H3. The molecule has 0 fully saturated rings. The highest BCUT2D eigenvalue weighted by molar-refractivity contribution is 9.10. The molecule has 1 unspecified atom stereocenters. The van der Waals surface area contributed by atoms with E-state index in [4.69, 9.17) is 5.73 Å². The molecule has 0 aliphatic rings. The van der Waals surface area contributed by atoms with Crippen LogP contribution in [0.5, 0.6) is 0 Å². The van der Waals surface area contributed by atoms with Crippen molar-refractivity contribution in [2.24, 2.45) is 11.7 Å². The molecule has 0 aliphatic heterocycles. The number of hydrogen-bond acceptors (Lipinski definition) is 2. The first-order chi connectivity index (χ1) is 8.11. The monoisotopic (exact) mass is 298 g/mol. The molecule has 0 saturated heterocycles. The number of nitrogens with two attached hydrogens (primary N) is 1. The van der Waals surface area contributed by atoms with Crippen LogP contribution in [0.3, 0.4) is 0 Å². The number of nitrogens with zero attached hydrogens (tertiary/aromatic N) is 1. The fraction of sp³-hybridized carbons (Fsp3) is 0.571. The summed E-state index contributed by atoms with van der Waals surface area (Å²) < 4.78 is 1.16. The number of benzene rings is 1. The SMILES string of the molecule is CC(CCN)CN(C)CCc1cccc(Br)c1. The second-order valence-electron chi connectivity index (χ2n) is 4.82. The van der Waals surface area contributed by atoms with Crippen molar-refractivity contribution in [3.8, 4) is 0 Å². The van der Waals surface area contributed by atoms with Crippen molar-refractivity contribution in [2.75, 3.05) is 26.7 Å². The Morgan fingerprint density at radius 2 is 2.18 bits per heavy atom. The van der Waals surface area contributed by atoms with Gasteiger partial charge in [0, 0.05) is 17.6 Å². The lowest BCUT2D eigenvalue weighted by molar-refractivity contribution is 0.283. The van der Waals surface area contributed by atoms with Crippen LogP contribution in [0, 0.1) is 5.92 Å². The van der Waals surface area contributed by atoms with Crippen LogP contribution in [0.2, 0.25) is 0 Å². The van der Waals surface area contributed by atoms with E-state index in [0.29, 0.717) is 5.92 Å². The van der Waals surface area contributed by atoms with E-state index >= 15 is 0 Å². The first-order valence-electron chi connectivity index (χ1n) is 6.25. The van der Waals surface area contributed by atoms with E-state index in [1.807, 2.05) is 0 Å². The maximum absolute atomic E-state index is 5.56. The average Bonchev–Trinajstić information content (AvgIpc) is 2.27. The molecule has 0 aromatic heterocycles. The van der Waals surface area contributed by atoms with Crippen molar-refractivity contribution in [2.45, 2.75) is 19.8 Å². The minimum Gasteiger partial charge on any atom is -0.330 e. The zero-order valence-corrected chi connectivity index (χ0v) is 12.4. The maximum atomic E-state index is 5.56. The first-order valence-corrected chi connectivity index (χ1v) is 7.04. The van der Waals surface area contributed by atoms with E-state index in [2.05, 4.69) is 59.1 Å². The molecule has 1 aromatic carbocycles. The van der Waals surface area contributed by atoms with Gasteiger partial charge in [-0.05, 0) is 50.0 Å². The van der Waals surface area contributed by atoms with Crippen LogP contribution in [0.1, 0.15) is 18.9 Å². The van der Waals surface area contributed by atoms with E-state index in [-0.39, 0.29) is 0 Å². The van der Waals surface area contributed by atoms with Crippen molar-refractivity contribution < 1.29 is 0 Å². The molecule has 17 heavy (non-hydrogen) atoms. The van der Waals surface area contributed by atoms with Gasteiger partial charge in [0.1, 0.15) is 0 Å². The zero-order valence-electron chi connectivity index (χ0n) is 10.8. The summed E-state index contributed by atoms with van der Waals surface area (Å²) in [5.74, 6) is 0.688. The van der Waals surface area contributed by atoms with Gasteiger partial charge in [-0.15, -0.1) is 0 Å². The number of likely N-dealkylation sites (N-methyl/N-ethyl adjacent to an activating group) is 1. The minimum atomic E-state index is 0.688. The molecule has 1 rings (SSSR count). The molecular weight excluding hydrogens is 276 g/mol. The second-order valence-corrected chi connectivity index (χ2v) is 5.74. The highest BCUT2D eigenvalue weighted by Gasteiger charge is 2.05. The summed E-state index contributed by atoms with van der Waals surface area (Å²) in [6, 6.07) is 8.53. The minimum absolute atomic E-state index is 0.688. The highest BCUT2D eigenvalue weighted by Crippen LogP contribution is 2.12. The van der Waals surface area contributed by atoms with Gasteiger partial charge < -0.3 is 10.6 Å². The lowest BCUT2D eigenvalue weighted by atomic mass is 10.1. The van der Waals surface area contributed by atoms with Crippen LogP contribution in [-0.2, 0) is 6.42 Å². The maximum Gasteiger partial charge on any atom is 0.0178 e. The van der Waals surface area contributed by atoms with E-state index in [0.717, 1.165) is 36.9 Å². The van der Waals surface area contributed by atoms with Crippen LogP contribution in [0.15, 0.2) is 28.7 Å². The average molecular weight is 299 g/mol. The van der Waals surface area contributed by atoms with Gasteiger partial charge in [0.25, 0.3) is 0 Å². The second kappa shape index (κ2) is 7.85. The van der Waals surface area contributed by atoms with Gasteiger partial charge in [-0.3, -0.25) is 0 Å². The first kappa shape index (κ1) is 14.7. The van der Waals surface area contributed by atoms with E-state index in [9.17, 15) is 0 Å². The molecule has 3 heteroatoms. The van der Waals surface area contributed by atoms with Crippen LogP contribution in [0.4, 0.5) is 0 Å². The summed E-state index contributed by atoms with van der Waals surface area (Å²) in [5, 5.41) is 0. The van der Waals surface area contributed by atoms with Gasteiger partial charge in [0.2, 0.25) is 0 Å². The summed E-state index contributed by atoms with van der Waals surface area (Å²) in [6.07, 6.45) is 2.21. The molecule has 1 atom stereocenters. The summed E-state index contributed by atoms with van der Waals surface area (Å²) in [7, 11) is 2.19. The molecule has 2 nitrogen and oxygen atoms in total. The van der Waals surface area contributed by atoms with Crippen LogP contribution in [0.25, 0.3) is 0 Å². The van der Waals surface area contributed by atoms with Gasteiger partial charge in [-0.25, -0.2) is 0 Å². The van der Waals surface area contributed by atoms with E-state index < -0.39 is 0 Å². The fourth-order valence-electron chi connectivity index (χ4n) is 2.01. The van der Waals surface area contributed by atoms with Crippen molar-refractivity contribution >= 4 is 15.9 Å². The third-order valence-electron chi connectivity index (χ3n) is 2.95. The van der Waals surface area contributed by atoms with Gasteiger partial charge in [-0.1, -0.05) is 35.0 Å². The van der Waals surface area contributed by atoms with Gasteiger partial charge >= 0.3 is 0 Å². The van der Waals surface area contributed by atoms with Gasteiger partial charge in [0.05, 0.1) is 0 Å². The molecule has 96 valence electrons. The number of rotatable bonds is 7. The lowest BCUT2D eigenvalue weighted by Crippen LogP contribution is -2.27. The molecule has 0 bridgehead atoms. The largest absolute Gasteiger partial charge is 0.330 e. The fourth-order valence-corrected chi connectivity index (χ4v) is 2.46. The molecule has 2 N–H and O–H groups in total. The smallest absolute Gasteiger partial charge is 0.0178 e. The Hall–Kier alpha value is -0.380. The predicted molar refractivity (Wildman–Crippen MR) is 78.2 cm³/mol. The summed E-state index contributed by atoms with van der Waals surface area (Å²) in [6.45, 7) is 5.29. The Morgan fingerprint density at radius 3 is 2.82 bits per heavy atom. The summed E-state index contributed by atoms with van der Waals surface area (Å²) >= 11 is 3.50. The Kier molecular flexibility index (Phi) is 6.78. The van der Waals surface area contributed by atoms with Crippen molar-refractivity contribution in [1.29, 1.82) is 0 Å². The lowest BCUT2D eigenvalue weighted by Gasteiger charge is -2.20. The third-order valence-corrected chi connectivity index (χ3v) is 3.45. The quantitative estimate of drug-likeness (QED) is 0.839.